The molecule has 0 saturated heterocycles. The highest BCUT2D eigenvalue weighted by molar-refractivity contribution is 5.85. The lowest BCUT2D eigenvalue weighted by molar-refractivity contribution is 0.0690. The van der Waals surface area contributed by atoms with Crippen LogP contribution in [0.4, 0.5) is 0 Å². The number of aromatic carboxylic acids is 1. The lowest BCUT2D eigenvalue weighted by Gasteiger charge is -1.92. The molecule has 0 aliphatic rings. The summed E-state index contributed by atoms with van der Waals surface area (Å²) in [6.07, 6.45) is 1.52. The molecule has 68 valence electrons. The smallest absolute Gasteiger partial charge is 0.354 e. The quantitative estimate of drug-likeness (QED) is 0.665. The number of carboxylic acids is 1. The predicted octanol–water partition coefficient (Wildman–Crippen LogP) is 1.04. The van der Waals surface area contributed by atoms with Gasteiger partial charge < -0.3 is 5.11 Å². The number of nitriles is 1. The minimum atomic E-state index is -1.07. The van der Waals surface area contributed by atoms with E-state index in [4.69, 9.17) is 10.4 Å². The third-order valence-electron chi connectivity index (χ3n) is 1.38. The van der Waals surface area contributed by atoms with Gasteiger partial charge in [-0.3, -0.25) is 0 Å². The first-order valence-electron chi connectivity index (χ1n) is 3.79. The van der Waals surface area contributed by atoms with Crippen LogP contribution in [-0.4, -0.2) is 16.1 Å². The first-order chi connectivity index (χ1) is 6.74. The molecule has 4 heteroatoms. The van der Waals surface area contributed by atoms with E-state index in [2.05, 4.69) is 16.8 Å². The third-order valence-corrected chi connectivity index (χ3v) is 1.38. The Kier molecular flexibility index (Phi) is 3.23. The van der Waals surface area contributed by atoms with Gasteiger partial charge in [-0.15, -0.1) is 0 Å². The van der Waals surface area contributed by atoms with E-state index in [1.807, 2.05) is 6.07 Å². The molecule has 4 nitrogen and oxygen atoms in total. The summed E-state index contributed by atoms with van der Waals surface area (Å²) in [4.78, 5) is 14.1. The topological polar surface area (TPSA) is 74.0 Å². The zero-order valence-corrected chi connectivity index (χ0v) is 7.19. The summed E-state index contributed by atoms with van der Waals surface area (Å²) < 4.78 is 0. The number of aromatic nitrogens is 1. The Morgan fingerprint density at radius 1 is 1.57 bits per heavy atom. The summed E-state index contributed by atoms with van der Waals surface area (Å²) in [7, 11) is 0. The maximum Gasteiger partial charge on any atom is 0.354 e. The fourth-order valence-electron chi connectivity index (χ4n) is 0.780. The van der Waals surface area contributed by atoms with Crippen molar-refractivity contribution < 1.29 is 9.90 Å². The molecule has 0 fully saturated rings. The SMILES string of the molecule is N#CCC#Cc1ccc(C(=O)O)nc1. The van der Waals surface area contributed by atoms with Crippen molar-refractivity contribution in [3.05, 3.63) is 29.6 Å². The number of carbonyl (C=O) groups is 1. The molecule has 0 bridgehead atoms. The van der Waals surface area contributed by atoms with Crippen molar-refractivity contribution in [1.82, 2.24) is 4.98 Å². The van der Waals surface area contributed by atoms with Crippen molar-refractivity contribution in [2.75, 3.05) is 0 Å². The second-order valence-electron chi connectivity index (χ2n) is 2.37. The van der Waals surface area contributed by atoms with E-state index >= 15 is 0 Å². The van der Waals surface area contributed by atoms with E-state index in [9.17, 15) is 4.79 Å². The van der Waals surface area contributed by atoms with Crippen molar-refractivity contribution in [3.63, 3.8) is 0 Å². The van der Waals surface area contributed by atoms with Crippen molar-refractivity contribution in [2.45, 2.75) is 6.42 Å². The summed E-state index contributed by atoms with van der Waals surface area (Å²) in [5.41, 5.74) is 0.584. The van der Waals surface area contributed by atoms with Gasteiger partial charge in [0.25, 0.3) is 0 Å². The molecule has 1 N–H and O–H groups in total. The molecule has 0 aromatic carbocycles. The number of pyridine rings is 1. The molecule has 0 radical (unpaired) electrons. The lowest BCUT2D eigenvalue weighted by atomic mass is 10.2. The van der Waals surface area contributed by atoms with Crippen LogP contribution in [0.5, 0.6) is 0 Å². The predicted molar refractivity (Wildman–Crippen MR) is 48.3 cm³/mol. The molecule has 0 saturated carbocycles. The molecular weight excluding hydrogens is 180 g/mol. The minimum absolute atomic E-state index is 0.0177. The first kappa shape index (κ1) is 9.76. The summed E-state index contributed by atoms with van der Waals surface area (Å²) in [6.45, 7) is 0. The van der Waals surface area contributed by atoms with E-state index < -0.39 is 5.97 Å². The molecule has 0 amide bonds. The van der Waals surface area contributed by atoms with Crippen LogP contribution < -0.4 is 0 Å². The maximum atomic E-state index is 10.4. The highest BCUT2D eigenvalue weighted by Crippen LogP contribution is 1.98. The molecule has 14 heavy (non-hydrogen) atoms. The van der Waals surface area contributed by atoms with Gasteiger partial charge in [-0.1, -0.05) is 11.8 Å². The molecule has 0 atom stereocenters. The Labute approximate surface area is 80.8 Å². The van der Waals surface area contributed by atoms with E-state index in [0.29, 0.717) is 5.56 Å². The first-order valence-corrected chi connectivity index (χ1v) is 3.79. The zero-order chi connectivity index (χ0) is 10.4. The van der Waals surface area contributed by atoms with Crippen LogP contribution in [-0.2, 0) is 0 Å². The molecular formula is C10H6N2O2. The van der Waals surface area contributed by atoms with Gasteiger partial charge in [-0.2, -0.15) is 5.26 Å². The molecule has 1 aromatic rings. The molecule has 0 aliphatic carbocycles. The Hall–Kier alpha value is -2.33. The average Bonchev–Trinajstić information content (AvgIpc) is 2.19. The van der Waals surface area contributed by atoms with Crippen molar-refractivity contribution >= 4 is 5.97 Å². The van der Waals surface area contributed by atoms with Gasteiger partial charge in [0, 0.05) is 11.8 Å². The van der Waals surface area contributed by atoms with Crippen molar-refractivity contribution in [3.8, 4) is 17.9 Å². The zero-order valence-electron chi connectivity index (χ0n) is 7.19. The van der Waals surface area contributed by atoms with Gasteiger partial charge in [0.15, 0.2) is 0 Å². The van der Waals surface area contributed by atoms with Crippen LogP contribution >= 0.6 is 0 Å². The monoisotopic (exact) mass is 186 g/mol. The fourth-order valence-corrected chi connectivity index (χ4v) is 0.780. The average molecular weight is 186 g/mol. The van der Waals surface area contributed by atoms with E-state index in [-0.39, 0.29) is 12.1 Å². The van der Waals surface area contributed by atoms with Crippen LogP contribution in [0.3, 0.4) is 0 Å². The van der Waals surface area contributed by atoms with Crippen molar-refractivity contribution in [2.24, 2.45) is 0 Å². The van der Waals surface area contributed by atoms with E-state index in [1.54, 1.807) is 6.07 Å². The minimum Gasteiger partial charge on any atom is -0.477 e. The number of nitrogens with zero attached hydrogens (tertiary/aromatic N) is 2. The van der Waals surface area contributed by atoms with Crippen LogP contribution in [0.2, 0.25) is 0 Å². The van der Waals surface area contributed by atoms with Gasteiger partial charge in [0.05, 0.1) is 12.5 Å². The largest absolute Gasteiger partial charge is 0.477 e. The number of rotatable bonds is 1. The fraction of sp³-hybridized carbons (Fsp3) is 0.100. The van der Waals surface area contributed by atoms with Crippen LogP contribution in [0.25, 0.3) is 0 Å². The van der Waals surface area contributed by atoms with Gasteiger partial charge in [0.1, 0.15) is 5.69 Å². The summed E-state index contributed by atoms with van der Waals surface area (Å²) in [5.74, 6) is 4.22. The summed E-state index contributed by atoms with van der Waals surface area (Å²) >= 11 is 0. The highest BCUT2D eigenvalue weighted by atomic mass is 16.4. The van der Waals surface area contributed by atoms with E-state index in [0.717, 1.165) is 0 Å². The molecule has 1 rings (SSSR count). The standard InChI is InChI=1S/C10H6N2O2/c11-6-2-1-3-8-4-5-9(10(13)14)12-7-8/h4-5,7H,2H2,(H,13,14). The second kappa shape index (κ2) is 4.64. The molecule has 0 spiro atoms. The third kappa shape index (κ3) is 2.62. The Morgan fingerprint density at radius 3 is 2.86 bits per heavy atom. The van der Waals surface area contributed by atoms with Crippen LogP contribution in [0.15, 0.2) is 18.3 Å². The van der Waals surface area contributed by atoms with E-state index in [1.165, 1.54) is 12.3 Å². The highest BCUT2D eigenvalue weighted by Gasteiger charge is 2.01. The van der Waals surface area contributed by atoms with Crippen LogP contribution in [0.1, 0.15) is 22.5 Å². The van der Waals surface area contributed by atoms with Gasteiger partial charge in [-0.25, -0.2) is 9.78 Å². The molecule has 0 unspecified atom stereocenters. The van der Waals surface area contributed by atoms with Gasteiger partial charge in [-0.05, 0) is 12.1 Å². The Morgan fingerprint density at radius 2 is 2.36 bits per heavy atom. The number of hydrogen-bond acceptors (Lipinski definition) is 3. The Bertz CT molecular complexity index is 432. The van der Waals surface area contributed by atoms with Crippen molar-refractivity contribution in [1.29, 1.82) is 5.26 Å². The number of hydrogen-bond donors (Lipinski definition) is 1. The van der Waals surface area contributed by atoms with Gasteiger partial charge in [0.2, 0.25) is 0 Å². The normalized spacial score (nSPS) is 8.21. The molecule has 1 aromatic heterocycles. The van der Waals surface area contributed by atoms with Gasteiger partial charge >= 0.3 is 5.97 Å². The Balaban J connectivity index is 2.81. The summed E-state index contributed by atoms with van der Waals surface area (Å²) in [5, 5.41) is 16.8. The maximum absolute atomic E-state index is 10.4. The summed E-state index contributed by atoms with van der Waals surface area (Å²) in [6, 6.07) is 4.81. The lowest BCUT2D eigenvalue weighted by Crippen LogP contribution is -1.99. The number of carboxylic acid groups (broad SMARTS) is 1. The molecule has 1 heterocycles. The molecule has 0 aliphatic heterocycles. The van der Waals surface area contributed by atoms with Crippen LogP contribution in [0, 0.1) is 23.2 Å². The second-order valence-corrected chi connectivity index (χ2v) is 2.37.